The predicted octanol–water partition coefficient (Wildman–Crippen LogP) is 3.78. The van der Waals surface area contributed by atoms with Gasteiger partial charge < -0.3 is 14.8 Å². The highest BCUT2D eigenvalue weighted by molar-refractivity contribution is 8.00. The highest BCUT2D eigenvalue weighted by Crippen LogP contribution is 2.37. The molecule has 0 saturated carbocycles. The van der Waals surface area contributed by atoms with Gasteiger partial charge in [0.05, 0.1) is 13.7 Å². The summed E-state index contributed by atoms with van der Waals surface area (Å²) in [6.07, 6.45) is 2.66. The van der Waals surface area contributed by atoms with Gasteiger partial charge in [0, 0.05) is 30.0 Å². The number of benzene rings is 1. The lowest BCUT2D eigenvalue weighted by molar-refractivity contribution is 0.181. The van der Waals surface area contributed by atoms with Crippen LogP contribution in [0.2, 0.25) is 0 Å². The minimum atomic E-state index is 0.338. The van der Waals surface area contributed by atoms with E-state index in [-0.39, 0.29) is 0 Å². The Kier molecular flexibility index (Phi) is 5.97. The normalized spacial score (nSPS) is 23.2. The quantitative estimate of drug-likeness (QED) is 0.830. The lowest BCUT2D eigenvalue weighted by Gasteiger charge is -2.26. The minimum Gasteiger partial charge on any atom is -0.496 e. The summed E-state index contributed by atoms with van der Waals surface area (Å²) in [6.45, 7) is 6.23. The summed E-state index contributed by atoms with van der Waals surface area (Å²) in [5.74, 6) is 2.19. The molecule has 0 amide bonds. The van der Waals surface area contributed by atoms with E-state index in [1.54, 1.807) is 14.2 Å². The molecule has 4 heteroatoms. The van der Waals surface area contributed by atoms with E-state index < -0.39 is 0 Å². The zero-order valence-corrected chi connectivity index (χ0v) is 14.4. The molecule has 1 aliphatic rings. The van der Waals surface area contributed by atoms with E-state index in [1.165, 1.54) is 24.2 Å². The van der Waals surface area contributed by atoms with Crippen molar-refractivity contribution in [3.8, 4) is 5.75 Å². The lowest BCUT2D eigenvalue weighted by atomic mass is 10.0. The van der Waals surface area contributed by atoms with Crippen LogP contribution in [0.25, 0.3) is 0 Å². The summed E-state index contributed by atoms with van der Waals surface area (Å²) < 4.78 is 11.0. The Hall–Kier alpha value is -0.710. The fourth-order valence-electron chi connectivity index (χ4n) is 2.80. The van der Waals surface area contributed by atoms with Crippen LogP contribution in [0.5, 0.6) is 5.75 Å². The second-order valence-electron chi connectivity index (χ2n) is 6.01. The van der Waals surface area contributed by atoms with Crippen LogP contribution >= 0.6 is 11.8 Å². The molecule has 2 rings (SSSR count). The topological polar surface area (TPSA) is 30.5 Å². The van der Waals surface area contributed by atoms with Gasteiger partial charge in [0.1, 0.15) is 5.75 Å². The maximum atomic E-state index is 5.39. The SMILES string of the molecule is COCc1cc(C(C)NCC2(C)CCCS2)ccc1OC. The first-order valence-corrected chi connectivity index (χ1v) is 8.59. The predicted molar refractivity (Wildman–Crippen MR) is 90.2 cm³/mol. The van der Waals surface area contributed by atoms with Crippen molar-refractivity contribution in [2.75, 3.05) is 26.5 Å². The van der Waals surface area contributed by atoms with Gasteiger partial charge in [0.25, 0.3) is 0 Å². The number of nitrogens with one attached hydrogen (secondary N) is 1. The largest absolute Gasteiger partial charge is 0.496 e. The third kappa shape index (κ3) is 4.38. The van der Waals surface area contributed by atoms with Crippen molar-refractivity contribution in [1.29, 1.82) is 0 Å². The van der Waals surface area contributed by atoms with Crippen LogP contribution in [0.3, 0.4) is 0 Å². The molecule has 1 aromatic carbocycles. The molecular formula is C17H27NO2S. The average Bonchev–Trinajstić information content (AvgIpc) is 2.92. The molecule has 3 nitrogen and oxygen atoms in total. The van der Waals surface area contributed by atoms with E-state index in [0.717, 1.165) is 17.9 Å². The van der Waals surface area contributed by atoms with Crippen molar-refractivity contribution < 1.29 is 9.47 Å². The van der Waals surface area contributed by atoms with Crippen LogP contribution in [-0.2, 0) is 11.3 Å². The molecular weight excluding hydrogens is 282 g/mol. The minimum absolute atomic E-state index is 0.338. The van der Waals surface area contributed by atoms with Crippen molar-refractivity contribution in [2.45, 2.75) is 44.1 Å². The summed E-state index contributed by atoms with van der Waals surface area (Å²) in [7, 11) is 3.42. The van der Waals surface area contributed by atoms with E-state index in [1.807, 2.05) is 6.07 Å². The van der Waals surface area contributed by atoms with Crippen molar-refractivity contribution in [2.24, 2.45) is 0 Å². The summed E-state index contributed by atoms with van der Waals surface area (Å²) >= 11 is 2.10. The Balaban J connectivity index is 2.01. The number of ether oxygens (including phenoxy) is 2. The first-order chi connectivity index (χ1) is 10.1. The summed E-state index contributed by atoms with van der Waals surface area (Å²) in [4.78, 5) is 0. The number of hydrogen-bond acceptors (Lipinski definition) is 4. The molecule has 0 aliphatic carbocycles. The molecule has 1 heterocycles. The first kappa shape index (κ1) is 16.7. The van der Waals surface area contributed by atoms with Crippen molar-refractivity contribution >= 4 is 11.8 Å². The molecule has 2 unspecified atom stereocenters. The lowest BCUT2D eigenvalue weighted by Crippen LogP contribution is -2.34. The van der Waals surface area contributed by atoms with Gasteiger partial charge in [-0.05, 0) is 50.1 Å². The second-order valence-corrected chi connectivity index (χ2v) is 7.69. The van der Waals surface area contributed by atoms with Gasteiger partial charge in [-0.15, -0.1) is 0 Å². The van der Waals surface area contributed by atoms with Crippen LogP contribution in [0, 0.1) is 0 Å². The smallest absolute Gasteiger partial charge is 0.124 e. The van der Waals surface area contributed by atoms with E-state index >= 15 is 0 Å². The molecule has 1 aliphatic heterocycles. The molecule has 1 fully saturated rings. The van der Waals surface area contributed by atoms with Crippen molar-refractivity contribution in [1.82, 2.24) is 5.32 Å². The Bertz CT molecular complexity index is 458. The van der Waals surface area contributed by atoms with Crippen molar-refractivity contribution in [3.63, 3.8) is 0 Å². The van der Waals surface area contributed by atoms with E-state index in [2.05, 4.69) is 43.1 Å². The van der Waals surface area contributed by atoms with Gasteiger partial charge in [-0.25, -0.2) is 0 Å². The first-order valence-electron chi connectivity index (χ1n) is 7.61. The van der Waals surface area contributed by atoms with E-state index in [0.29, 0.717) is 17.4 Å². The number of rotatable bonds is 7. The fourth-order valence-corrected chi connectivity index (χ4v) is 4.05. The summed E-state index contributed by atoms with van der Waals surface area (Å²) in [5.41, 5.74) is 2.39. The Morgan fingerprint density at radius 3 is 2.81 bits per heavy atom. The van der Waals surface area contributed by atoms with Gasteiger partial charge in [0.2, 0.25) is 0 Å². The maximum Gasteiger partial charge on any atom is 0.124 e. The average molecular weight is 309 g/mol. The van der Waals surface area contributed by atoms with Crippen LogP contribution in [0.4, 0.5) is 0 Å². The van der Waals surface area contributed by atoms with Gasteiger partial charge in [-0.1, -0.05) is 6.07 Å². The molecule has 2 atom stereocenters. The maximum absolute atomic E-state index is 5.39. The third-order valence-electron chi connectivity index (χ3n) is 4.19. The number of hydrogen-bond donors (Lipinski definition) is 1. The second kappa shape index (κ2) is 7.52. The Morgan fingerprint density at radius 2 is 2.19 bits per heavy atom. The Labute approximate surface area is 132 Å². The molecule has 1 aromatic rings. The molecule has 0 spiro atoms. The third-order valence-corrected chi connectivity index (χ3v) is 5.73. The van der Waals surface area contributed by atoms with Crippen LogP contribution in [0.15, 0.2) is 18.2 Å². The zero-order valence-electron chi connectivity index (χ0n) is 13.6. The summed E-state index contributed by atoms with van der Waals surface area (Å²) in [6, 6.07) is 6.70. The van der Waals surface area contributed by atoms with Gasteiger partial charge in [-0.2, -0.15) is 11.8 Å². The van der Waals surface area contributed by atoms with Gasteiger partial charge >= 0.3 is 0 Å². The van der Waals surface area contributed by atoms with Crippen molar-refractivity contribution in [3.05, 3.63) is 29.3 Å². The number of thioether (sulfide) groups is 1. The number of methoxy groups -OCH3 is 2. The van der Waals surface area contributed by atoms with Gasteiger partial charge in [-0.3, -0.25) is 0 Å². The monoisotopic (exact) mass is 309 g/mol. The molecule has 0 radical (unpaired) electrons. The fraction of sp³-hybridized carbons (Fsp3) is 0.647. The molecule has 0 aromatic heterocycles. The molecule has 1 saturated heterocycles. The zero-order chi connectivity index (χ0) is 15.3. The highest BCUT2D eigenvalue weighted by Gasteiger charge is 2.29. The van der Waals surface area contributed by atoms with E-state index in [4.69, 9.17) is 9.47 Å². The van der Waals surface area contributed by atoms with Gasteiger partial charge in [0.15, 0.2) is 0 Å². The Morgan fingerprint density at radius 1 is 1.38 bits per heavy atom. The van der Waals surface area contributed by atoms with Crippen LogP contribution in [0.1, 0.15) is 43.9 Å². The molecule has 0 bridgehead atoms. The van der Waals surface area contributed by atoms with Crippen LogP contribution < -0.4 is 10.1 Å². The van der Waals surface area contributed by atoms with Crippen LogP contribution in [-0.4, -0.2) is 31.3 Å². The highest BCUT2D eigenvalue weighted by atomic mass is 32.2. The molecule has 1 N–H and O–H groups in total. The molecule has 118 valence electrons. The molecule has 21 heavy (non-hydrogen) atoms. The standard InChI is InChI=1S/C17H27NO2S/c1-13(18-12-17(2)8-5-9-21-17)14-6-7-16(20-4)15(10-14)11-19-3/h6-7,10,13,18H,5,8-9,11-12H2,1-4H3. The van der Waals surface area contributed by atoms with E-state index in [9.17, 15) is 0 Å². The summed E-state index contributed by atoms with van der Waals surface area (Å²) in [5, 5.41) is 3.69.